The summed E-state index contributed by atoms with van der Waals surface area (Å²) in [6, 6.07) is 18.6. The normalized spacial score (nSPS) is 12.3. The average Bonchev–Trinajstić information content (AvgIpc) is 2.68. The number of rotatable bonds is 11. The molecule has 0 aliphatic heterocycles. The van der Waals surface area contributed by atoms with Crippen LogP contribution in [0.4, 0.5) is 0 Å². The highest BCUT2D eigenvalue weighted by molar-refractivity contribution is 7.53. The van der Waals surface area contributed by atoms with Gasteiger partial charge in [-0.1, -0.05) is 56.2 Å². The Labute approximate surface area is 181 Å². The van der Waals surface area contributed by atoms with Gasteiger partial charge in [0.15, 0.2) is 0 Å². The highest BCUT2D eigenvalue weighted by Crippen LogP contribution is 2.50. The average molecular weight is 431 g/mol. The van der Waals surface area contributed by atoms with Gasteiger partial charge in [-0.2, -0.15) is 0 Å². The van der Waals surface area contributed by atoms with E-state index in [0.717, 1.165) is 31.5 Å². The van der Waals surface area contributed by atoms with E-state index in [1.54, 1.807) is 24.3 Å². The van der Waals surface area contributed by atoms with E-state index < -0.39 is 7.75 Å². The van der Waals surface area contributed by atoms with Crippen molar-refractivity contribution in [1.29, 1.82) is 0 Å². The van der Waals surface area contributed by atoms with E-state index in [1.807, 2.05) is 36.4 Å². The summed E-state index contributed by atoms with van der Waals surface area (Å²) in [6.07, 6.45) is 3.90. The van der Waals surface area contributed by atoms with Crippen molar-refractivity contribution < 1.29 is 13.6 Å². The van der Waals surface area contributed by atoms with E-state index in [-0.39, 0.29) is 12.1 Å². The summed E-state index contributed by atoms with van der Waals surface area (Å²) in [6.45, 7) is 10.7. The second-order valence-electron chi connectivity index (χ2n) is 7.85. The topological polar surface area (TPSA) is 51.1 Å². The molecule has 164 valence electrons. The van der Waals surface area contributed by atoms with Crippen LogP contribution in [-0.4, -0.2) is 22.8 Å². The summed E-state index contributed by atoms with van der Waals surface area (Å²) >= 11 is 0. The Kier molecular flexibility index (Phi) is 9.45. The Bertz CT molecular complexity index is 769. The van der Waals surface area contributed by atoms with Crippen molar-refractivity contribution >= 4 is 13.6 Å². The van der Waals surface area contributed by atoms with Gasteiger partial charge in [0, 0.05) is 18.5 Å². The third-order valence-electron chi connectivity index (χ3n) is 4.58. The van der Waals surface area contributed by atoms with E-state index in [1.165, 1.54) is 0 Å². The molecule has 2 rings (SSSR count). The van der Waals surface area contributed by atoms with Crippen LogP contribution >= 0.6 is 7.75 Å². The lowest BCUT2D eigenvalue weighted by Gasteiger charge is -2.34. The van der Waals surface area contributed by atoms with Crippen LogP contribution < -0.4 is 9.05 Å². The fourth-order valence-corrected chi connectivity index (χ4v) is 4.77. The van der Waals surface area contributed by atoms with E-state index in [9.17, 15) is 4.57 Å². The smallest absolute Gasteiger partial charge is 0.399 e. The zero-order chi connectivity index (χ0) is 22.0. The van der Waals surface area contributed by atoms with Crippen LogP contribution in [0.15, 0.2) is 65.4 Å². The maximum absolute atomic E-state index is 13.9. The van der Waals surface area contributed by atoms with Crippen molar-refractivity contribution in [2.45, 2.75) is 72.4 Å². The number of para-hydroxylation sites is 2. The first-order valence-electron chi connectivity index (χ1n) is 10.8. The van der Waals surface area contributed by atoms with Gasteiger partial charge in [-0.25, -0.2) is 4.57 Å². The van der Waals surface area contributed by atoms with E-state index in [4.69, 9.17) is 9.05 Å². The van der Waals surface area contributed by atoms with Crippen LogP contribution in [0.3, 0.4) is 0 Å². The van der Waals surface area contributed by atoms with Crippen LogP contribution in [0, 0.1) is 0 Å². The molecule has 2 aromatic carbocycles. The second kappa shape index (κ2) is 11.8. The quantitative estimate of drug-likeness (QED) is 0.162. The molecule has 0 fully saturated rings. The van der Waals surface area contributed by atoms with Gasteiger partial charge in [0.05, 0.1) is 0 Å². The van der Waals surface area contributed by atoms with Gasteiger partial charge < -0.3 is 13.9 Å². The first kappa shape index (κ1) is 24.0. The van der Waals surface area contributed by atoms with Gasteiger partial charge in [0.25, 0.3) is 0 Å². The van der Waals surface area contributed by atoms with Crippen LogP contribution in [0.25, 0.3) is 0 Å². The van der Waals surface area contributed by atoms with Crippen molar-refractivity contribution in [2.24, 2.45) is 4.76 Å². The van der Waals surface area contributed by atoms with Crippen LogP contribution in [0.5, 0.6) is 11.5 Å². The molecule has 0 radical (unpaired) electrons. The molecule has 0 spiro atoms. The lowest BCUT2D eigenvalue weighted by molar-refractivity contribution is 0.284. The number of amidine groups is 1. The van der Waals surface area contributed by atoms with Gasteiger partial charge in [0.1, 0.15) is 17.3 Å². The van der Waals surface area contributed by atoms with Crippen LogP contribution in [-0.2, 0) is 4.57 Å². The summed E-state index contributed by atoms with van der Waals surface area (Å²) in [7, 11) is -3.85. The first-order chi connectivity index (χ1) is 14.3. The Balaban J connectivity index is 2.47. The monoisotopic (exact) mass is 430 g/mol. The molecule has 30 heavy (non-hydrogen) atoms. The molecule has 0 unspecified atom stereocenters. The van der Waals surface area contributed by atoms with Gasteiger partial charge in [0.2, 0.25) is 0 Å². The number of nitrogens with zero attached hydrogens (tertiary/aromatic N) is 2. The van der Waals surface area contributed by atoms with Gasteiger partial charge in [-0.15, -0.1) is 4.76 Å². The second-order valence-corrected chi connectivity index (χ2v) is 9.35. The van der Waals surface area contributed by atoms with Crippen molar-refractivity contribution in [2.75, 3.05) is 0 Å². The van der Waals surface area contributed by atoms with Crippen molar-refractivity contribution in [3.05, 3.63) is 60.7 Å². The first-order valence-corrected chi connectivity index (χ1v) is 12.3. The Morgan fingerprint density at radius 3 is 1.73 bits per heavy atom. The predicted octanol–water partition coefficient (Wildman–Crippen LogP) is 7.35. The maximum atomic E-state index is 13.9. The summed E-state index contributed by atoms with van der Waals surface area (Å²) in [5.74, 6) is 1.70. The number of unbranched alkanes of at least 4 members (excludes halogenated alkanes) is 2. The largest absolute Gasteiger partial charge is 0.564 e. The molecule has 0 saturated carbocycles. The highest BCUT2D eigenvalue weighted by atomic mass is 31.2. The van der Waals surface area contributed by atoms with Gasteiger partial charge in [-0.05, 0) is 58.4 Å². The van der Waals surface area contributed by atoms with Gasteiger partial charge in [-0.3, -0.25) is 0 Å². The molecule has 0 heterocycles. The van der Waals surface area contributed by atoms with Crippen molar-refractivity contribution in [3.8, 4) is 11.5 Å². The highest BCUT2D eigenvalue weighted by Gasteiger charge is 2.31. The summed E-state index contributed by atoms with van der Waals surface area (Å²) in [5, 5.41) is 0. The summed E-state index contributed by atoms with van der Waals surface area (Å²) in [4.78, 5) is 2.20. The number of hydrogen-bond acceptors (Lipinski definition) is 3. The maximum Gasteiger partial charge on any atom is 0.564 e. The number of benzene rings is 2. The Hall–Kier alpha value is -2.26. The minimum atomic E-state index is -3.85. The molecular formula is C24H35N2O3P. The lowest BCUT2D eigenvalue weighted by atomic mass is 10.1. The fraction of sp³-hybridized carbons (Fsp3) is 0.458. The number of hydrogen-bond donors (Lipinski definition) is 0. The molecule has 0 N–H and O–H groups in total. The zero-order valence-electron chi connectivity index (χ0n) is 18.8. The molecule has 6 heteroatoms. The molecule has 0 bridgehead atoms. The molecule has 5 nitrogen and oxygen atoms in total. The lowest BCUT2D eigenvalue weighted by Crippen LogP contribution is -2.42. The molecule has 0 saturated heterocycles. The zero-order valence-corrected chi connectivity index (χ0v) is 19.7. The molecule has 0 aromatic heterocycles. The summed E-state index contributed by atoms with van der Waals surface area (Å²) < 4.78 is 30.3. The molecule has 2 aromatic rings. The van der Waals surface area contributed by atoms with Crippen LogP contribution in [0.2, 0.25) is 0 Å². The molecule has 0 amide bonds. The molecular weight excluding hydrogens is 395 g/mol. The fourth-order valence-electron chi connectivity index (χ4n) is 3.39. The van der Waals surface area contributed by atoms with Crippen molar-refractivity contribution in [3.63, 3.8) is 0 Å². The Morgan fingerprint density at radius 2 is 1.33 bits per heavy atom. The third-order valence-corrected chi connectivity index (χ3v) is 5.94. The SMILES string of the molecule is CCCCC/C(=N/P(=O)(Oc1ccccc1)Oc1ccccc1)N(C(C)C)C(C)C. The summed E-state index contributed by atoms with van der Waals surface area (Å²) in [5.41, 5.74) is 0. The predicted molar refractivity (Wildman–Crippen MR) is 125 cm³/mol. The van der Waals surface area contributed by atoms with E-state index in [0.29, 0.717) is 11.5 Å². The van der Waals surface area contributed by atoms with Crippen LogP contribution in [0.1, 0.15) is 60.3 Å². The molecule has 0 aliphatic rings. The van der Waals surface area contributed by atoms with Gasteiger partial charge >= 0.3 is 7.75 Å². The Morgan fingerprint density at radius 1 is 0.867 bits per heavy atom. The van der Waals surface area contributed by atoms with Crippen molar-refractivity contribution in [1.82, 2.24) is 4.90 Å². The minimum absolute atomic E-state index is 0.215. The van der Waals surface area contributed by atoms with E-state index >= 15 is 0 Å². The molecule has 0 aliphatic carbocycles. The minimum Gasteiger partial charge on any atom is -0.399 e. The third kappa shape index (κ3) is 7.53. The standard InChI is InChI=1S/C24H35N2O3P/c1-6-7-10-19-24(26(20(2)3)21(4)5)25-30(27,28-22-15-11-8-12-16-22)29-23-17-13-9-14-18-23/h8-9,11-18,20-21H,6-7,10,19H2,1-5H3/b25-24-. The molecule has 0 atom stereocenters. The van der Waals surface area contributed by atoms with E-state index in [2.05, 4.69) is 44.3 Å².